The molecule has 0 saturated carbocycles. The minimum atomic E-state index is -1.27. The van der Waals surface area contributed by atoms with Gasteiger partial charge in [-0.25, -0.2) is 4.68 Å². The predicted octanol–water partition coefficient (Wildman–Crippen LogP) is 6.39. The van der Waals surface area contributed by atoms with E-state index in [2.05, 4.69) is 45.0 Å². The number of aliphatic hydroxyl groups excluding tert-OH is 3. The van der Waals surface area contributed by atoms with Crippen molar-refractivity contribution in [1.82, 2.24) is 34.7 Å². The van der Waals surface area contributed by atoms with Crippen LogP contribution in [0.1, 0.15) is 85.4 Å². The van der Waals surface area contributed by atoms with Gasteiger partial charge < -0.3 is 44.1 Å². The highest BCUT2D eigenvalue weighted by Crippen LogP contribution is 2.35. The number of ether oxygens (including phenoxy) is 4. The molecule has 0 spiro atoms. The number of hydrogen-bond acceptors (Lipinski definition) is 15. The van der Waals surface area contributed by atoms with E-state index < -0.39 is 72.7 Å². The van der Waals surface area contributed by atoms with Crippen molar-refractivity contribution < 1.29 is 43.9 Å². The molecule has 0 bridgehead atoms. The van der Waals surface area contributed by atoms with E-state index in [0.717, 1.165) is 52.3 Å². The molecule has 1 fully saturated rings. The van der Waals surface area contributed by atoms with Gasteiger partial charge in [0.05, 0.1) is 73.3 Å². The van der Waals surface area contributed by atoms with Crippen LogP contribution in [0.15, 0.2) is 90.8 Å². The summed E-state index contributed by atoms with van der Waals surface area (Å²) in [6.07, 6.45) is 3.59. The molecular weight excluding hydrogens is 903 g/mol. The third-order valence-corrected chi connectivity index (χ3v) is 14.5. The van der Waals surface area contributed by atoms with Gasteiger partial charge in [-0.15, -0.1) is 5.10 Å². The van der Waals surface area contributed by atoms with Crippen LogP contribution >= 0.6 is 0 Å². The highest BCUT2D eigenvalue weighted by molar-refractivity contribution is 5.91. The lowest BCUT2D eigenvalue weighted by Gasteiger charge is -2.46. The fraction of sp³-hybridized carbons (Fsp3) is 0.582. The monoisotopic (exact) mass is 982 g/mol. The lowest BCUT2D eigenvalue weighted by atomic mass is 9.79. The summed E-state index contributed by atoms with van der Waals surface area (Å²) in [6, 6.07) is 17.1. The zero-order chi connectivity index (χ0) is 51.4. The number of benzene rings is 2. The maximum absolute atomic E-state index is 14.2. The minimum Gasteiger partial charge on any atom is -0.497 e. The highest BCUT2D eigenvalue weighted by Gasteiger charge is 2.47. The molecular formula is C55H79N7O9. The van der Waals surface area contributed by atoms with E-state index in [1.165, 1.54) is 0 Å². The summed E-state index contributed by atoms with van der Waals surface area (Å²) in [4.78, 5) is 39.2. The van der Waals surface area contributed by atoms with Gasteiger partial charge in [0, 0.05) is 42.8 Å². The minimum absolute atomic E-state index is 0.0613. The second-order valence-electron chi connectivity index (χ2n) is 19.9. The Kier molecular flexibility index (Phi) is 20.4. The molecule has 16 heteroatoms. The van der Waals surface area contributed by atoms with E-state index in [1.54, 1.807) is 50.0 Å². The Morgan fingerprint density at radius 3 is 2.34 bits per heavy atom. The number of aromatic nitrogens is 4. The van der Waals surface area contributed by atoms with Crippen LogP contribution in [-0.2, 0) is 36.9 Å². The van der Waals surface area contributed by atoms with E-state index in [1.807, 2.05) is 94.6 Å². The molecule has 2 aromatic carbocycles. The number of ketones is 1. The molecule has 0 radical (unpaired) electrons. The lowest BCUT2D eigenvalue weighted by Crippen LogP contribution is -2.63. The third kappa shape index (κ3) is 14.8. The molecule has 2 aromatic heterocycles. The van der Waals surface area contributed by atoms with E-state index in [0.29, 0.717) is 45.4 Å². The standard InChI is InChI=1S/C55H79N7O9/c1-11-49-42(32-60(12-2)13-3)26-35(4)18-23-47(63)36(5)27-41(54(37(6)48(64)29-50(65)70-49)71-55-53(67)51(59(8)9)52(66)38(7)69-55)24-25-61(31-39-19-21-45(68-10)22-20-39)33-43-34-62(58-57-43)44-28-40-16-14-15-17-46(40)56-30-44/h14-23,26,28,30,34,36-38,41-42,48-49,51-55,64,66-67H,11-13,24-25,27,29,31-33H2,1-10H3/b23-18+,35-26+/t36-,37+,38-,41+,42-,48-,49-,51+,52-,53-,54-,55+/m1/s1. The first kappa shape index (κ1) is 55.4. The second-order valence-corrected chi connectivity index (χ2v) is 19.9. The van der Waals surface area contributed by atoms with E-state index in [9.17, 15) is 24.9 Å². The SMILES string of the molecule is CC[C@H]1OC(=O)C[C@@H](O)[C@H](C)[C@@H](O[C@@H]2O[C@H](C)[C@@H](O)[C@H](N(C)C)[C@H]2O)[C@@H](CCN(Cc2ccc(OC)cc2)Cc2cn(-c3cnc4ccccc4c3)nn2)C[C@@H](C)C(=O)/C=C/C(C)=C/[C@@H]1CN(CC)CC. The van der Waals surface area contributed by atoms with Gasteiger partial charge in [-0.05, 0) is 109 Å². The third-order valence-electron chi connectivity index (χ3n) is 14.5. The van der Waals surface area contributed by atoms with E-state index >= 15 is 0 Å². The van der Waals surface area contributed by atoms with Crippen LogP contribution in [0.4, 0.5) is 0 Å². The largest absolute Gasteiger partial charge is 0.497 e. The Balaban J connectivity index is 1.37. The molecule has 0 unspecified atom stereocenters. The first-order valence-corrected chi connectivity index (χ1v) is 25.5. The first-order chi connectivity index (χ1) is 34.0. The van der Waals surface area contributed by atoms with Crippen molar-refractivity contribution in [2.45, 2.75) is 136 Å². The van der Waals surface area contributed by atoms with Crippen molar-refractivity contribution in [1.29, 1.82) is 0 Å². The van der Waals surface area contributed by atoms with Crippen molar-refractivity contribution in [3.05, 3.63) is 102 Å². The average Bonchev–Trinajstić information content (AvgIpc) is 3.83. The number of rotatable bonds is 17. The zero-order valence-corrected chi connectivity index (χ0v) is 43.5. The molecule has 1 saturated heterocycles. The number of carbonyl (C=O) groups excluding carboxylic acids is 2. The molecule has 3 N–H and O–H groups in total. The fourth-order valence-electron chi connectivity index (χ4n) is 10.1. The Morgan fingerprint density at radius 1 is 0.915 bits per heavy atom. The van der Waals surface area contributed by atoms with Gasteiger partial charge in [-0.1, -0.05) is 87.9 Å². The molecule has 12 atom stereocenters. The maximum atomic E-state index is 14.2. The van der Waals surface area contributed by atoms with Gasteiger partial charge in [-0.2, -0.15) is 0 Å². The lowest BCUT2D eigenvalue weighted by molar-refractivity contribution is -0.304. The van der Waals surface area contributed by atoms with Crippen LogP contribution in [0, 0.1) is 23.7 Å². The van der Waals surface area contributed by atoms with Crippen molar-refractivity contribution >= 4 is 22.7 Å². The Labute approximate surface area is 420 Å². The summed E-state index contributed by atoms with van der Waals surface area (Å²) in [5.74, 6) is -1.62. The van der Waals surface area contributed by atoms with E-state index in [4.69, 9.17) is 18.9 Å². The molecule has 388 valence electrons. The van der Waals surface area contributed by atoms with Crippen LogP contribution in [-0.4, -0.2) is 158 Å². The van der Waals surface area contributed by atoms with Crippen molar-refractivity contribution in [3.63, 3.8) is 0 Å². The first-order valence-electron chi connectivity index (χ1n) is 25.5. The molecule has 71 heavy (non-hydrogen) atoms. The Morgan fingerprint density at radius 2 is 1.65 bits per heavy atom. The van der Waals surface area contributed by atoms with Crippen LogP contribution in [0.25, 0.3) is 16.6 Å². The summed E-state index contributed by atoms with van der Waals surface area (Å²) in [5.41, 5.74) is 4.30. The zero-order valence-electron chi connectivity index (χ0n) is 43.5. The van der Waals surface area contributed by atoms with Gasteiger partial charge >= 0.3 is 5.97 Å². The summed E-state index contributed by atoms with van der Waals surface area (Å²) in [6.45, 7) is 17.4. The van der Waals surface area contributed by atoms with Crippen molar-refractivity contribution in [2.24, 2.45) is 23.7 Å². The number of pyridine rings is 1. The number of esters is 1. The quantitative estimate of drug-likeness (QED) is 0.0988. The number of fused-ring (bicyclic) bond motifs is 1. The molecule has 4 aromatic rings. The number of methoxy groups -OCH3 is 1. The second kappa shape index (κ2) is 26.2. The summed E-state index contributed by atoms with van der Waals surface area (Å²) in [7, 11) is 5.19. The molecule has 2 aliphatic heterocycles. The Bertz CT molecular complexity index is 2370. The number of para-hydroxylation sites is 1. The molecule has 16 nitrogen and oxygen atoms in total. The number of aliphatic hydroxyl groups is 3. The van der Waals surface area contributed by atoms with Crippen LogP contribution in [0.2, 0.25) is 0 Å². The molecule has 0 aliphatic carbocycles. The summed E-state index contributed by atoms with van der Waals surface area (Å²) in [5, 5.41) is 45.3. The maximum Gasteiger partial charge on any atom is 0.308 e. The Hall–Kier alpha value is -4.91. The topological polar surface area (TPSA) is 185 Å². The predicted molar refractivity (Wildman–Crippen MR) is 273 cm³/mol. The van der Waals surface area contributed by atoms with Crippen LogP contribution in [0.3, 0.4) is 0 Å². The average molecular weight is 982 g/mol. The smallest absolute Gasteiger partial charge is 0.308 e. The fourth-order valence-corrected chi connectivity index (χ4v) is 10.1. The number of carbonyl (C=O) groups is 2. The number of cyclic esters (lactones) is 1. The molecule has 4 heterocycles. The van der Waals surface area contributed by atoms with Gasteiger partial charge in [0.1, 0.15) is 18.0 Å². The van der Waals surface area contributed by atoms with Gasteiger partial charge in [0.2, 0.25) is 0 Å². The number of allylic oxidation sites excluding steroid dienone is 3. The van der Waals surface area contributed by atoms with Crippen LogP contribution in [0.5, 0.6) is 5.75 Å². The van der Waals surface area contributed by atoms with Gasteiger partial charge in [-0.3, -0.25) is 19.5 Å². The van der Waals surface area contributed by atoms with E-state index in [-0.39, 0.29) is 18.1 Å². The molecule has 0 amide bonds. The molecule has 2 aliphatic rings. The van der Waals surface area contributed by atoms with Gasteiger partial charge in [0.15, 0.2) is 12.1 Å². The van der Waals surface area contributed by atoms with Crippen LogP contribution < -0.4 is 4.74 Å². The van der Waals surface area contributed by atoms with Gasteiger partial charge in [0.25, 0.3) is 0 Å². The number of nitrogens with zero attached hydrogens (tertiary/aromatic N) is 7. The van der Waals surface area contributed by atoms with Crippen molar-refractivity contribution in [2.75, 3.05) is 47.4 Å². The highest BCUT2D eigenvalue weighted by atomic mass is 16.7. The molecule has 6 rings (SSSR count). The normalized spacial score (nSPS) is 29.6. The summed E-state index contributed by atoms with van der Waals surface area (Å²) < 4.78 is 26.6. The number of hydrogen-bond donors (Lipinski definition) is 3. The summed E-state index contributed by atoms with van der Waals surface area (Å²) >= 11 is 0. The van der Waals surface area contributed by atoms with Crippen molar-refractivity contribution in [3.8, 4) is 11.4 Å². The number of likely N-dealkylation sites (N-methyl/N-ethyl adjacent to an activating group) is 1.